The van der Waals surface area contributed by atoms with Crippen molar-refractivity contribution in [1.82, 2.24) is 14.9 Å². The lowest BCUT2D eigenvalue weighted by Crippen LogP contribution is -2.18. The van der Waals surface area contributed by atoms with Crippen LogP contribution in [0.15, 0.2) is 53.7 Å². The highest BCUT2D eigenvalue weighted by molar-refractivity contribution is 7.99. The number of nitrogens with one attached hydrogen (secondary N) is 1. The molecule has 27 heavy (non-hydrogen) atoms. The third-order valence-corrected chi connectivity index (χ3v) is 4.82. The molecule has 0 atom stereocenters. The fourth-order valence-corrected chi connectivity index (χ4v) is 3.06. The number of benzene rings is 2. The molecule has 3 rings (SSSR count). The van der Waals surface area contributed by atoms with Gasteiger partial charge in [0.1, 0.15) is 12.4 Å². The van der Waals surface area contributed by atoms with Crippen molar-refractivity contribution < 1.29 is 9.53 Å². The van der Waals surface area contributed by atoms with Crippen molar-refractivity contribution in [2.75, 3.05) is 16.9 Å². The standard InChI is InChI=1S/C18H18ClN5O2S/c1-12-7-8-14(19)15(9-12)26-10-16-22-23-18(24(16)20)27-11-17(25)21-13-5-3-2-4-6-13/h2-9H,10-11,20H2,1H3,(H,21,25). The number of rotatable bonds is 7. The van der Waals surface area contributed by atoms with E-state index in [4.69, 9.17) is 22.2 Å². The van der Waals surface area contributed by atoms with Crippen LogP contribution in [0.25, 0.3) is 0 Å². The number of hydrogen-bond donors (Lipinski definition) is 2. The Bertz CT molecular complexity index is 933. The van der Waals surface area contributed by atoms with Crippen LogP contribution in [0, 0.1) is 6.92 Å². The number of hydrogen-bond acceptors (Lipinski definition) is 6. The molecular formula is C18H18ClN5O2S. The summed E-state index contributed by atoms with van der Waals surface area (Å²) in [6, 6.07) is 14.7. The van der Waals surface area contributed by atoms with Crippen LogP contribution < -0.4 is 15.9 Å². The summed E-state index contributed by atoms with van der Waals surface area (Å²) in [5.41, 5.74) is 1.77. The normalized spacial score (nSPS) is 10.6. The monoisotopic (exact) mass is 403 g/mol. The van der Waals surface area contributed by atoms with Crippen molar-refractivity contribution in [2.24, 2.45) is 0 Å². The molecule has 0 aliphatic carbocycles. The van der Waals surface area contributed by atoms with Crippen LogP contribution >= 0.6 is 23.4 Å². The molecule has 3 aromatic rings. The second-order valence-electron chi connectivity index (χ2n) is 5.69. The number of halogens is 1. The fourth-order valence-electron chi connectivity index (χ4n) is 2.22. The van der Waals surface area contributed by atoms with Gasteiger partial charge in [-0.3, -0.25) is 4.79 Å². The summed E-state index contributed by atoms with van der Waals surface area (Å²) in [6.45, 7) is 2.06. The Balaban J connectivity index is 1.55. The van der Waals surface area contributed by atoms with Gasteiger partial charge in [0.15, 0.2) is 5.82 Å². The molecule has 0 unspecified atom stereocenters. The lowest BCUT2D eigenvalue weighted by Gasteiger charge is -2.08. The molecular weight excluding hydrogens is 386 g/mol. The quantitative estimate of drug-likeness (QED) is 0.464. The van der Waals surface area contributed by atoms with Gasteiger partial charge in [0, 0.05) is 5.69 Å². The van der Waals surface area contributed by atoms with Crippen molar-refractivity contribution in [3.8, 4) is 5.75 Å². The largest absolute Gasteiger partial charge is 0.484 e. The van der Waals surface area contributed by atoms with Crippen LogP contribution in [0.3, 0.4) is 0 Å². The molecule has 140 valence electrons. The van der Waals surface area contributed by atoms with Crippen LogP contribution in [-0.4, -0.2) is 26.5 Å². The van der Waals surface area contributed by atoms with E-state index in [1.165, 1.54) is 16.4 Å². The maximum absolute atomic E-state index is 12.0. The van der Waals surface area contributed by atoms with Gasteiger partial charge in [-0.15, -0.1) is 10.2 Å². The van der Waals surface area contributed by atoms with Crippen LogP contribution in [0.2, 0.25) is 5.02 Å². The van der Waals surface area contributed by atoms with Crippen LogP contribution in [0.1, 0.15) is 11.4 Å². The van der Waals surface area contributed by atoms with E-state index >= 15 is 0 Å². The maximum atomic E-state index is 12.0. The third kappa shape index (κ3) is 5.15. The molecule has 0 saturated heterocycles. The summed E-state index contributed by atoms with van der Waals surface area (Å²) in [6.07, 6.45) is 0. The van der Waals surface area contributed by atoms with E-state index < -0.39 is 0 Å². The smallest absolute Gasteiger partial charge is 0.234 e. The molecule has 2 aromatic carbocycles. The van der Waals surface area contributed by atoms with E-state index in [0.717, 1.165) is 11.3 Å². The molecule has 1 aromatic heterocycles. The minimum atomic E-state index is -0.154. The molecule has 1 heterocycles. The van der Waals surface area contributed by atoms with Gasteiger partial charge in [0.05, 0.1) is 10.8 Å². The number of ether oxygens (including phenoxy) is 1. The van der Waals surface area contributed by atoms with Crippen LogP contribution in [0.5, 0.6) is 5.75 Å². The first-order chi connectivity index (χ1) is 13.0. The maximum Gasteiger partial charge on any atom is 0.234 e. The number of aromatic nitrogens is 3. The van der Waals surface area contributed by atoms with E-state index in [1.54, 1.807) is 6.07 Å². The van der Waals surface area contributed by atoms with E-state index in [2.05, 4.69) is 15.5 Å². The fraction of sp³-hybridized carbons (Fsp3) is 0.167. The predicted octanol–water partition coefficient (Wildman–Crippen LogP) is 3.26. The van der Waals surface area contributed by atoms with Gasteiger partial charge in [0.25, 0.3) is 0 Å². The zero-order valence-electron chi connectivity index (χ0n) is 14.6. The number of nitrogens with two attached hydrogens (primary N) is 1. The summed E-state index contributed by atoms with van der Waals surface area (Å²) >= 11 is 7.30. The zero-order chi connectivity index (χ0) is 19.2. The second kappa shape index (κ2) is 8.79. The van der Waals surface area contributed by atoms with Gasteiger partial charge in [-0.2, -0.15) is 0 Å². The molecule has 0 aliphatic rings. The topological polar surface area (TPSA) is 95.1 Å². The number of amides is 1. The second-order valence-corrected chi connectivity index (χ2v) is 7.04. The first-order valence-corrected chi connectivity index (χ1v) is 9.45. The summed E-state index contributed by atoms with van der Waals surface area (Å²) in [4.78, 5) is 12.0. The van der Waals surface area contributed by atoms with Crippen LogP contribution in [-0.2, 0) is 11.4 Å². The average molecular weight is 404 g/mol. The highest BCUT2D eigenvalue weighted by Gasteiger charge is 2.13. The molecule has 0 saturated carbocycles. The molecule has 0 fully saturated rings. The summed E-state index contributed by atoms with van der Waals surface area (Å²) in [7, 11) is 0. The van der Waals surface area contributed by atoms with Gasteiger partial charge in [-0.25, -0.2) is 4.68 Å². The number of thioether (sulfide) groups is 1. The molecule has 0 radical (unpaired) electrons. The molecule has 9 heteroatoms. The zero-order valence-corrected chi connectivity index (χ0v) is 16.1. The number of carbonyl (C=O) groups excluding carboxylic acids is 1. The Morgan fingerprint density at radius 3 is 2.81 bits per heavy atom. The number of anilines is 1. The minimum Gasteiger partial charge on any atom is -0.484 e. The van der Waals surface area contributed by atoms with Crippen molar-refractivity contribution in [3.63, 3.8) is 0 Å². The van der Waals surface area contributed by atoms with E-state index in [-0.39, 0.29) is 18.3 Å². The Morgan fingerprint density at radius 2 is 2.04 bits per heavy atom. The molecule has 7 nitrogen and oxygen atoms in total. The van der Waals surface area contributed by atoms with E-state index in [0.29, 0.717) is 21.8 Å². The molecule has 0 bridgehead atoms. The lowest BCUT2D eigenvalue weighted by atomic mass is 10.2. The van der Waals surface area contributed by atoms with Gasteiger partial charge in [0.2, 0.25) is 11.1 Å². The number of para-hydroxylation sites is 1. The molecule has 1 amide bonds. The van der Waals surface area contributed by atoms with Gasteiger partial charge in [-0.05, 0) is 36.8 Å². The number of aryl methyl sites for hydroxylation is 1. The number of nitrogens with zero attached hydrogens (tertiary/aromatic N) is 3. The van der Waals surface area contributed by atoms with Gasteiger partial charge >= 0.3 is 0 Å². The molecule has 3 N–H and O–H groups in total. The highest BCUT2D eigenvalue weighted by atomic mass is 35.5. The Hall–Kier alpha value is -2.71. The van der Waals surface area contributed by atoms with Crippen molar-refractivity contribution in [1.29, 1.82) is 0 Å². The Labute approximate surface area is 165 Å². The third-order valence-electron chi connectivity index (χ3n) is 3.57. The first-order valence-electron chi connectivity index (χ1n) is 8.09. The molecule has 0 spiro atoms. The van der Waals surface area contributed by atoms with Crippen LogP contribution in [0.4, 0.5) is 5.69 Å². The SMILES string of the molecule is Cc1ccc(Cl)c(OCc2nnc(SCC(=O)Nc3ccccc3)n2N)c1. The predicted molar refractivity (Wildman–Crippen MR) is 106 cm³/mol. The van der Waals surface area contributed by atoms with Crippen molar-refractivity contribution >= 4 is 35.0 Å². The summed E-state index contributed by atoms with van der Waals surface area (Å²) in [5.74, 6) is 6.99. The van der Waals surface area contributed by atoms with Crippen molar-refractivity contribution in [3.05, 3.63) is 64.9 Å². The number of nitrogen functional groups attached to an aromatic ring is 1. The van der Waals surface area contributed by atoms with Crippen molar-refractivity contribution in [2.45, 2.75) is 18.7 Å². The first kappa shape index (κ1) is 19.1. The van der Waals surface area contributed by atoms with Gasteiger partial charge < -0.3 is 15.9 Å². The average Bonchev–Trinajstić information content (AvgIpc) is 3.01. The van der Waals surface area contributed by atoms with E-state index in [9.17, 15) is 4.79 Å². The lowest BCUT2D eigenvalue weighted by molar-refractivity contribution is -0.113. The van der Waals surface area contributed by atoms with E-state index in [1.807, 2.05) is 49.4 Å². The molecule has 0 aliphatic heterocycles. The Kier molecular flexibility index (Phi) is 6.20. The summed E-state index contributed by atoms with van der Waals surface area (Å²) < 4.78 is 6.99. The van der Waals surface area contributed by atoms with Gasteiger partial charge in [-0.1, -0.05) is 47.6 Å². The Morgan fingerprint density at radius 1 is 1.26 bits per heavy atom. The highest BCUT2D eigenvalue weighted by Crippen LogP contribution is 2.26. The summed E-state index contributed by atoms with van der Waals surface area (Å²) in [5, 5.41) is 11.7. The minimum absolute atomic E-state index is 0.115. The number of carbonyl (C=O) groups is 1.